The summed E-state index contributed by atoms with van der Waals surface area (Å²) in [5, 5.41) is 8.84. The van der Waals surface area contributed by atoms with Crippen LogP contribution in [0.4, 0.5) is 0 Å². The van der Waals surface area contributed by atoms with Gasteiger partial charge >= 0.3 is 0 Å². The Morgan fingerprint density at radius 3 is 2.59 bits per heavy atom. The molecule has 0 radical (unpaired) electrons. The van der Waals surface area contributed by atoms with Crippen molar-refractivity contribution in [2.24, 2.45) is 0 Å². The molecule has 138 valence electrons. The lowest BCUT2D eigenvalue weighted by Gasteiger charge is -2.40. The molecule has 0 unspecified atom stereocenters. The molecule has 2 heterocycles. The van der Waals surface area contributed by atoms with Crippen LogP contribution in [-0.2, 0) is 0 Å². The maximum Gasteiger partial charge on any atom is 0.272 e. The van der Waals surface area contributed by atoms with E-state index >= 15 is 0 Å². The van der Waals surface area contributed by atoms with Gasteiger partial charge in [-0.05, 0) is 37.4 Å². The summed E-state index contributed by atoms with van der Waals surface area (Å²) in [6.45, 7) is 3.34. The van der Waals surface area contributed by atoms with E-state index in [2.05, 4.69) is 4.98 Å². The molecule has 0 saturated carbocycles. The average Bonchev–Trinajstić information content (AvgIpc) is 2.72. The van der Waals surface area contributed by atoms with E-state index < -0.39 is 0 Å². The molecule has 0 N–H and O–H groups in total. The molecule has 6 nitrogen and oxygen atoms in total. The predicted octanol–water partition coefficient (Wildman–Crippen LogP) is 2.66. The highest BCUT2D eigenvalue weighted by molar-refractivity contribution is 7.98. The highest BCUT2D eigenvalue weighted by atomic mass is 32.2. The molecule has 0 spiro atoms. The van der Waals surface area contributed by atoms with Gasteiger partial charge in [0.1, 0.15) is 11.8 Å². The Balaban J connectivity index is 1.70. The zero-order valence-corrected chi connectivity index (χ0v) is 16.1. The first-order valence-corrected chi connectivity index (χ1v) is 9.87. The number of carbonyl (C=O) groups excluding carboxylic acids is 2. The van der Waals surface area contributed by atoms with Crippen molar-refractivity contribution in [3.63, 3.8) is 0 Å². The van der Waals surface area contributed by atoms with Crippen molar-refractivity contribution in [2.75, 3.05) is 25.9 Å². The third-order valence-electron chi connectivity index (χ3n) is 4.62. The molecular formula is C20H20N4O2S. The molecule has 2 aromatic rings. The lowest BCUT2D eigenvalue weighted by molar-refractivity contribution is 0.0409. The lowest BCUT2D eigenvalue weighted by atomic mass is 10.1. The molecule has 3 rings (SSSR count). The number of carbonyl (C=O) groups is 2. The standard InChI is InChI=1S/C20H20N4O2S/c1-14-13-23(20(26)17-8-7-15(11-21)12-22-17)9-10-24(14)19(25)16-5-3-4-6-18(16)27-2/h3-8,12,14H,9-10,13H2,1-2H3/t14-/m1/s1. The number of benzene rings is 1. The summed E-state index contributed by atoms with van der Waals surface area (Å²) < 4.78 is 0. The third kappa shape index (κ3) is 3.96. The van der Waals surface area contributed by atoms with Crippen molar-refractivity contribution in [3.8, 4) is 6.07 Å². The van der Waals surface area contributed by atoms with Gasteiger partial charge in [0.2, 0.25) is 0 Å². The van der Waals surface area contributed by atoms with Crippen LogP contribution in [0, 0.1) is 11.3 Å². The van der Waals surface area contributed by atoms with Gasteiger partial charge < -0.3 is 9.80 Å². The molecule has 1 aromatic heterocycles. The summed E-state index contributed by atoms with van der Waals surface area (Å²) in [5.74, 6) is -0.181. The van der Waals surface area contributed by atoms with Crippen molar-refractivity contribution in [2.45, 2.75) is 17.9 Å². The van der Waals surface area contributed by atoms with Gasteiger partial charge in [0.25, 0.3) is 11.8 Å². The van der Waals surface area contributed by atoms with Crippen LogP contribution in [0.1, 0.15) is 33.3 Å². The Labute approximate surface area is 162 Å². The Morgan fingerprint density at radius 1 is 1.19 bits per heavy atom. The van der Waals surface area contributed by atoms with Crippen LogP contribution in [0.3, 0.4) is 0 Å². The molecule has 1 fully saturated rings. The third-order valence-corrected chi connectivity index (χ3v) is 5.42. The van der Waals surface area contributed by atoms with Crippen molar-refractivity contribution in [1.29, 1.82) is 5.26 Å². The van der Waals surface area contributed by atoms with E-state index in [-0.39, 0.29) is 17.9 Å². The van der Waals surface area contributed by atoms with Gasteiger partial charge in [0, 0.05) is 36.8 Å². The SMILES string of the molecule is CSc1ccccc1C(=O)N1CCN(C(=O)c2ccc(C#N)cn2)C[C@H]1C. The monoisotopic (exact) mass is 380 g/mol. The Hall–Kier alpha value is -2.85. The van der Waals surface area contributed by atoms with Crippen LogP contribution >= 0.6 is 11.8 Å². The second kappa shape index (κ2) is 8.23. The molecular weight excluding hydrogens is 360 g/mol. The van der Waals surface area contributed by atoms with Gasteiger partial charge in [-0.15, -0.1) is 11.8 Å². The predicted molar refractivity (Wildman–Crippen MR) is 104 cm³/mol. The van der Waals surface area contributed by atoms with Crippen LogP contribution in [0.2, 0.25) is 0 Å². The Morgan fingerprint density at radius 2 is 1.96 bits per heavy atom. The van der Waals surface area contributed by atoms with Crippen LogP contribution in [0.25, 0.3) is 0 Å². The molecule has 27 heavy (non-hydrogen) atoms. The van der Waals surface area contributed by atoms with Gasteiger partial charge in [0.15, 0.2) is 0 Å². The van der Waals surface area contributed by atoms with Crippen molar-refractivity contribution in [1.82, 2.24) is 14.8 Å². The van der Waals surface area contributed by atoms with E-state index in [0.29, 0.717) is 36.5 Å². The number of hydrogen-bond donors (Lipinski definition) is 0. The largest absolute Gasteiger partial charge is 0.333 e. The highest BCUT2D eigenvalue weighted by Gasteiger charge is 2.31. The number of amides is 2. The zero-order valence-electron chi connectivity index (χ0n) is 15.3. The van der Waals surface area contributed by atoms with E-state index in [0.717, 1.165) is 4.90 Å². The smallest absolute Gasteiger partial charge is 0.272 e. The number of piperazine rings is 1. The lowest BCUT2D eigenvalue weighted by Crippen LogP contribution is -2.55. The first-order valence-electron chi connectivity index (χ1n) is 8.64. The molecule has 1 aliphatic heterocycles. The van der Waals surface area contributed by atoms with E-state index in [4.69, 9.17) is 5.26 Å². The molecule has 1 aromatic carbocycles. The quantitative estimate of drug-likeness (QED) is 0.765. The van der Waals surface area contributed by atoms with E-state index in [9.17, 15) is 9.59 Å². The number of pyridine rings is 1. The van der Waals surface area contributed by atoms with Gasteiger partial charge in [-0.25, -0.2) is 4.98 Å². The fourth-order valence-corrected chi connectivity index (χ4v) is 3.76. The van der Waals surface area contributed by atoms with Gasteiger partial charge in [-0.2, -0.15) is 5.26 Å². The van der Waals surface area contributed by atoms with Crippen LogP contribution in [0.15, 0.2) is 47.5 Å². The normalized spacial score (nSPS) is 16.7. The Kier molecular flexibility index (Phi) is 5.77. The molecule has 1 aliphatic rings. The Bertz CT molecular complexity index is 892. The highest BCUT2D eigenvalue weighted by Crippen LogP contribution is 2.23. The average molecular weight is 380 g/mol. The van der Waals surface area contributed by atoms with Crippen molar-refractivity contribution in [3.05, 3.63) is 59.4 Å². The van der Waals surface area contributed by atoms with Crippen LogP contribution in [0.5, 0.6) is 0 Å². The minimum atomic E-state index is -0.178. The number of thioether (sulfide) groups is 1. The second-order valence-electron chi connectivity index (χ2n) is 6.34. The van der Waals surface area contributed by atoms with Crippen LogP contribution < -0.4 is 0 Å². The van der Waals surface area contributed by atoms with Gasteiger partial charge in [0.05, 0.1) is 11.1 Å². The fourth-order valence-electron chi connectivity index (χ4n) is 3.17. The minimum Gasteiger partial charge on any atom is -0.333 e. The van der Waals surface area contributed by atoms with E-state index in [1.807, 2.05) is 48.4 Å². The van der Waals surface area contributed by atoms with Crippen molar-refractivity contribution >= 4 is 23.6 Å². The number of aromatic nitrogens is 1. The van der Waals surface area contributed by atoms with Gasteiger partial charge in [-0.1, -0.05) is 12.1 Å². The number of hydrogen-bond acceptors (Lipinski definition) is 5. The van der Waals surface area contributed by atoms with Crippen molar-refractivity contribution < 1.29 is 9.59 Å². The van der Waals surface area contributed by atoms with Gasteiger partial charge in [-0.3, -0.25) is 9.59 Å². The maximum atomic E-state index is 13.0. The molecule has 7 heteroatoms. The molecule has 2 amide bonds. The summed E-state index contributed by atoms with van der Waals surface area (Å²) in [6, 6.07) is 12.6. The topological polar surface area (TPSA) is 77.3 Å². The molecule has 0 bridgehead atoms. The van der Waals surface area contributed by atoms with E-state index in [1.54, 1.807) is 28.8 Å². The summed E-state index contributed by atoms with van der Waals surface area (Å²) in [5.41, 5.74) is 1.43. The number of nitrogens with zero attached hydrogens (tertiary/aromatic N) is 4. The maximum absolute atomic E-state index is 13.0. The summed E-state index contributed by atoms with van der Waals surface area (Å²) in [6.07, 6.45) is 3.35. The van der Waals surface area contributed by atoms with Crippen LogP contribution in [-0.4, -0.2) is 58.5 Å². The molecule has 1 atom stereocenters. The summed E-state index contributed by atoms with van der Waals surface area (Å²) in [4.78, 5) is 34.2. The first-order chi connectivity index (χ1) is 13.0. The minimum absolute atomic E-state index is 0.00366. The molecule has 0 aliphatic carbocycles. The summed E-state index contributed by atoms with van der Waals surface area (Å²) >= 11 is 1.55. The van der Waals surface area contributed by atoms with E-state index in [1.165, 1.54) is 6.20 Å². The molecule has 1 saturated heterocycles. The second-order valence-corrected chi connectivity index (χ2v) is 7.19. The summed E-state index contributed by atoms with van der Waals surface area (Å²) in [7, 11) is 0. The first kappa shape index (κ1) is 18.9. The number of rotatable bonds is 3. The fraction of sp³-hybridized carbons (Fsp3) is 0.300. The zero-order chi connectivity index (χ0) is 19.4. The number of nitriles is 1.